The lowest BCUT2D eigenvalue weighted by Gasteiger charge is -2.41. The minimum atomic E-state index is -0.902. The molecule has 2 aromatic carbocycles. The third-order valence-corrected chi connectivity index (χ3v) is 22.2. The van der Waals surface area contributed by atoms with E-state index in [1.807, 2.05) is 32.0 Å². The van der Waals surface area contributed by atoms with Crippen LogP contribution in [0.25, 0.3) is 11.1 Å². The van der Waals surface area contributed by atoms with Crippen LogP contribution in [0.15, 0.2) is 35.4 Å². The maximum absolute atomic E-state index is 13.4. The quantitative estimate of drug-likeness (QED) is 0.298. The molecule has 2 aromatic rings. The Hall–Kier alpha value is -3.25. The molecule has 0 bridgehead atoms. The van der Waals surface area contributed by atoms with Gasteiger partial charge in [-0.05, 0) is 170 Å². The summed E-state index contributed by atoms with van der Waals surface area (Å²) < 4.78 is 44.8. The summed E-state index contributed by atoms with van der Waals surface area (Å²) >= 11 is 9.14. The lowest BCUT2D eigenvalue weighted by atomic mass is 9.81. The molecule has 10 rings (SSSR count). The van der Waals surface area contributed by atoms with E-state index in [-0.39, 0.29) is 26.8 Å². The molecule has 8 aliphatic rings. The normalized spacial score (nSPS) is 26.0. The number of ketones is 1. The van der Waals surface area contributed by atoms with Crippen molar-refractivity contribution in [2.45, 2.75) is 142 Å². The van der Waals surface area contributed by atoms with Crippen LogP contribution in [0, 0.1) is 0 Å². The molecule has 2 spiro atoms. The highest BCUT2D eigenvalue weighted by Gasteiger charge is 2.63. The van der Waals surface area contributed by atoms with Crippen molar-refractivity contribution in [3.8, 4) is 23.0 Å². The second-order valence-electron chi connectivity index (χ2n) is 19.4. The lowest BCUT2D eigenvalue weighted by molar-refractivity contribution is -0.130. The van der Waals surface area contributed by atoms with E-state index in [1.54, 1.807) is 68.2 Å². The van der Waals surface area contributed by atoms with Crippen LogP contribution >= 0.6 is 0 Å². The molecule has 0 saturated carbocycles. The summed E-state index contributed by atoms with van der Waals surface area (Å²) in [6.45, 7) is 18.3. The van der Waals surface area contributed by atoms with Crippen LogP contribution in [0.1, 0.15) is 111 Å². The van der Waals surface area contributed by atoms with Crippen LogP contribution in [0.5, 0.6) is 23.0 Å². The first-order valence-electron chi connectivity index (χ1n) is 22.2. The van der Waals surface area contributed by atoms with Gasteiger partial charge in [0.15, 0.2) is 35.2 Å². The molecular formula is C47H60N2O12S7. The summed E-state index contributed by atoms with van der Waals surface area (Å²) in [6.07, 6.45) is 1.16. The van der Waals surface area contributed by atoms with Crippen LogP contribution in [-0.4, -0.2) is 113 Å². The zero-order valence-electron chi connectivity index (χ0n) is 38.7. The molecule has 2 fully saturated rings. The summed E-state index contributed by atoms with van der Waals surface area (Å²) in [5, 5.41) is 11.2. The lowest BCUT2D eigenvalue weighted by Crippen LogP contribution is -2.55. The molecule has 6 heterocycles. The highest BCUT2D eigenvalue weighted by Crippen LogP contribution is 2.57. The molecule has 1 N–H and O–H groups in total. The van der Waals surface area contributed by atoms with Gasteiger partial charge in [0.05, 0.1) is 11.1 Å². The van der Waals surface area contributed by atoms with E-state index in [9.17, 15) is 19.5 Å². The Kier molecular flexibility index (Phi) is 16.1. The van der Waals surface area contributed by atoms with Crippen molar-refractivity contribution in [3.63, 3.8) is 0 Å². The van der Waals surface area contributed by atoms with E-state index in [2.05, 4.69) is 38.2 Å². The first kappa shape index (κ1) is 52.6. The minimum absolute atomic E-state index is 0. The van der Waals surface area contributed by atoms with Crippen molar-refractivity contribution >= 4 is 96.0 Å². The van der Waals surface area contributed by atoms with E-state index < -0.39 is 52.9 Å². The molecular weight excluding hydrogens is 1010 g/mol. The minimum Gasteiger partial charge on any atom is -0.454 e. The molecule has 21 heteroatoms. The predicted molar refractivity (Wildman–Crippen MR) is 276 cm³/mol. The van der Waals surface area contributed by atoms with Crippen LogP contribution in [0.2, 0.25) is 0 Å². The number of nitrogens with zero attached hydrogens (tertiary/aromatic N) is 2. The highest BCUT2D eigenvalue weighted by atomic mass is 33.4. The van der Waals surface area contributed by atoms with E-state index in [0.29, 0.717) is 11.3 Å². The van der Waals surface area contributed by atoms with Crippen LogP contribution in [0.3, 0.4) is 0 Å². The first-order chi connectivity index (χ1) is 31.8. The van der Waals surface area contributed by atoms with Gasteiger partial charge in [0, 0.05) is 85.4 Å². The zero-order valence-corrected chi connectivity index (χ0v) is 44.4. The summed E-state index contributed by atoms with van der Waals surface area (Å²) in [7, 11) is 7.36. The van der Waals surface area contributed by atoms with Gasteiger partial charge in [0.2, 0.25) is 19.4 Å². The Morgan fingerprint density at radius 1 is 0.691 bits per heavy atom. The second-order valence-corrected chi connectivity index (χ2v) is 28.3. The second kappa shape index (κ2) is 20.8. The molecule has 2 unspecified atom stereocenters. The number of ether oxygens (including phenoxy) is 8. The summed E-state index contributed by atoms with van der Waals surface area (Å²) in [4.78, 5) is 43.2. The van der Waals surface area contributed by atoms with Gasteiger partial charge in [-0.15, -0.1) is 0 Å². The smallest absolute Gasteiger partial charge is 0.454 e. The molecule has 372 valence electrons. The fraction of sp³-hybridized carbons (Fsp3) is 0.596. The van der Waals surface area contributed by atoms with Crippen molar-refractivity contribution < 1.29 is 57.4 Å². The zero-order chi connectivity index (χ0) is 48.1. The molecule has 14 nitrogen and oxygen atoms in total. The van der Waals surface area contributed by atoms with Crippen LogP contribution in [-0.2, 0) is 103 Å². The number of carbonyl (C=O) groups is 3. The Bertz CT molecular complexity index is 2650. The van der Waals surface area contributed by atoms with Crippen LogP contribution in [0.4, 0.5) is 9.59 Å². The number of hydrogen-bond acceptors (Lipinski definition) is 16. The Balaban J connectivity index is 0.000000175. The van der Waals surface area contributed by atoms with Crippen molar-refractivity contribution in [2.24, 2.45) is 0 Å². The molecule has 5 atom stereocenters. The maximum atomic E-state index is 13.4. The Morgan fingerprint density at radius 2 is 1.15 bits per heavy atom. The SMILES string of the molecule is C.CC1=C2c3cc4c(cc3CCN3CCC[C@]23C(OC(=O)OC(C)(C)C)C1=O)OCO4.CC1=C2c3cc4c(cc3CCN3CCC[C@]23C(OC(=O)OC(C)(C)C)[C@@H]1O)OCO4.S=S=S=S=S=S=S. The third-order valence-electron chi connectivity index (χ3n) is 13.3. The molecule has 6 aliphatic heterocycles. The molecule has 2 saturated heterocycles. The van der Waals surface area contributed by atoms with Gasteiger partial charge in [-0.1, -0.05) is 7.43 Å². The fourth-order valence-electron chi connectivity index (χ4n) is 11.0. The fourth-order valence-corrected chi connectivity index (χ4v) is 19.3. The molecule has 0 aromatic heterocycles. The Morgan fingerprint density at radius 3 is 1.65 bits per heavy atom. The molecule has 0 amide bonds. The first-order valence-corrected chi connectivity index (χ1v) is 30.2. The van der Waals surface area contributed by atoms with Crippen LogP contribution < -0.4 is 18.9 Å². The number of Topliss-reactive ketones (excluding diaryl/α,β-unsaturated/α-hetero) is 1. The number of aliphatic hydroxyl groups excluding tert-OH is 1. The molecule has 2 aliphatic carbocycles. The number of hydrogen-bond donors (Lipinski definition) is 1. The largest absolute Gasteiger partial charge is 0.509 e. The monoisotopic (exact) mass is 1070 g/mol. The maximum Gasteiger partial charge on any atom is 0.509 e. The van der Waals surface area contributed by atoms with Crippen molar-refractivity contribution in [1.82, 2.24) is 9.80 Å². The van der Waals surface area contributed by atoms with Gasteiger partial charge in [0.1, 0.15) is 17.3 Å². The van der Waals surface area contributed by atoms with Gasteiger partial charge in [-0.3, -0.25) is 14.6 Å². The number of aliphatic hydroxyl groups is 1. The number of fused-ring (bicyclic) bond motifs is 6. The highest BCUT2D eigenvalue weighted by molar-refractivity contribution is 8.68. The van der Waals surface area contributed by atoms with E-state index in [1.165, 1.54) is 23.3 Å². The third kappa shape index (κ3) is 9.99. The van der Waals surface area contributed by atoms with Crippen molar-refractivity contribution in [3.05, 3.63) is 57.7 Å². The molecule has 0 radical (unpaired) electrons. The topological polar surface area (TPSA) is 152 Å². The van der Waals surface area contributed by atoms with E-state index in [4.69, 9.17) is 37.9 Å². The Labute approximate surface area is 422 Å². The van der Waals surface area contributed by atoms with Crippen molar-refractivity contribution in [2.75, 3.05) is 39.8 Å². The van der Waals surface area contributed by atoms with Gasteiger partial charge < -0.3 is 43.0 Å². The molecule has 68 heavy (non-hydrogen) atoms. The summed E-state index contributed by atoms with van der Waals surface area (Å²) in [5.74, 6) is 2.78. The summed E-state index contributed by atoms with van der Waals surface area (Å²) in [6, 6.07) is 8.11. The standard InChI is InChI=1S/C23H29NO6.C23H27NO6.CH4.S7/c2*1-13-18-15-11-17-16(27-12-28-17)10-14(15)6-9-24-8-5-7-23(18,24)20(19(13)25)29-21(26)30-22(2,3)4;;1-3-5-7-6-4-2/h10-11,19-20,25H,5-9,12H2,1-4H3;10-11,20H,5-9,12H2,1-4H3;1H4;/t19-,20?,23-;20?,23-;;/m11../s1. The van der Waals surface area contributed by atoms with Gasteiger partial charge >= 0.3 is 12.3 Å². The van der Waals surface area contributed by atoms with E-state index >= 15 is 0 Å². The van der Waals surface area contributed by atoms with Gasteiger partial charge in [0.25, 0.3) is 0 Å². The number of carbonyl (C=O) groups excluding carboxylic acids is 3. The number of rotatable bonds is 2. The number of benzene rings is 2. The van der Waals surface area contributed by atoms with Crippen molar-refractivity contribution in [1.29, 1.82) is 0 Å². The van der Waals surface area contributed by atoms with E-state index in [0.717, 1.165) is 115 Å². The van der Waals surface area contributed by atoms with Gasteiger partial charge in [-0.2, -0.15) is 0 Å². The average molecular weight is 1070 g/mol. The van der Waals surface area contributed by atoms with Gasteiger partial charge in [-0.25, -0.2) is 9.59 Å². The summed E-state index contributed by atoms with van der Waals surface area (Å²) in [5.41, 5.74) is 5.33. The average Bonchev–Trinajstić information content (AvgIpc) is 4.11. The predicted octanol–water partition coefficient (Wildman–Crippen LogP) is 7.38.